The highest BCUT2D eigenvalue weighted by Gasteiger charge is 2.46. The summed E-state index contributed by atoms with van der Waals surface area (Å²) < 4.78 is 0. The number of thioether (sulfide) groups is 1. The summed E-state index contributed by atoms with van der Waals surface area (Å²) in [6, 6.07) is 0. The van der Waals surface area contributed by atoms with Gasteiger partial charge in [-0.05, 0) is 42.8 Å². The Morgan fingerprint density at radius 3 is 2.40 bits per heavy atom. The largest absolute Gasteiger partial charge is 0.388 e. The molecule has 5 unspecified atom stereocenters. The standard InChI is InChI=1S/C13H24OS/c1-9-4-5-12(8-10(9)2)13(14)6-7-15-11(13)3/h9-12,14H,4-8H2,1-3H3. The predicted molar refractivity (Wildman–Crippen MR) is 67.2 cm³/mol. The van der Waals surface area contributed by atoms with Crippen molar-refractivity contribution in [2.45, 2.75) is 57.3 Å². The zero-order valence-electron chi connectivity index (χ0n) is 10.2. The van der Waals surface area contributed by atoms with Gasteiger partial charge in [-0.3, -0.25) is 0 Å². The summed E-state index contributed by atoms with van der Waals surface area (Å²) >= 11 is 1.95. The lowest BCUT2D eigenvalue weighted by atomic mass is 9.68. The maximum Gasteiger partial charge on any atom is 0.0799 e. The van der Waals surface area contributed by atoms with E-state index in [0.717, 1.165) is 24.0 Å². The van der Waals surface area contributed by atoms with Gasteiger partial charge in [0, 0.05) is 5.25 Å². The van der Waals surface area contributed by atoms with Gasteiger partial charge in [0.25, 0.3) is 0 Å². The first kappa shape index (κ1) is 11.8. The summed E-state index contributed by atoms with van der Waals surface area (Å²) in [5.41, 5.74) is -0.348. The number of aliphatic hydroxyl groups is 1. The smallest absolute Gasteiger partial charge is 0.0799 e. The van der Waals surface area contributed by atoms with Crippen molar-refractivity contribution in [1.82, 2.24) is 0 Å². The van der Waals surface area contributed by atoms with Crippen molar-refractivity contribution in [2.75, 3.05) is 5.75 Å². The summed E-state index contributed by atoms with van der Waals surface area (Å²) in [6.07, 6.45) is 4.81. The molecule has 1 saturated heterocycles. The van der Waals surface area contributed by atoms with Crippen LogP contribution in [0.3, 0.4) is 0 Å². The summed E-state index contributed by atoms with van der Waals surface area (Å²) in [4.78, 5) is 0. The fourth-order valence-corrected chi connectivity index (χ4v) is 4.68. The quantitative estimate of drug-likeness (QED) is 0.743. The maximum atomic E-state index is 10.8. The first-order valence-electron chi connectivity index (χ1n) is 6.38. The van der Waals surface area contributed by atoms with Crippen LogP contribution < -0.4 is 0 Å². The summed E-state index contributed by atoms with van der Waals surface area (Å²) in [6.45, 7) is 6.92. The fourth-order valence-electron chi connectivity index (χ4n) is 3.28. The van der Waals surface area contributed by atoms with Crippen LogP contribution >= 0.6 is 11.8 Å². The third-order valence-electron chi connectivity index (χ3n) is 4.88. The van der Waals surface area contributed by atoms with Crippen molar-refractivity contribution in [3.8, 4) is 0 Å². The van der Waals surface area contributed by atoms with Gasteiger partial charge < -0.3 is 5.11 Å². The lowest BCUT2D eigenvalue weighted by Crippen LogP contribution is -2.45. The highest BCUT2D eigenvalue weighted by Crippen LogP contribution is 2.47. The van der Waals surface area contributed by atoms with Crippen LogP contribution in [0, 0.1) is 17.8 Å². The number of rotatable bonds is 1. The van der Waals surface area contributed by atoms with Crippen LogP contribution in [-0.2, 0) is 0 Å². The topological polar surface area (TPSA) is 20.2 Å². The van der Waals surface area contributed by atoms with E-state index in [9.17, 15) is 5.11 Å². The molecule has 2 heteroatoms. The molecule has 0 aromatic carbocycles. The minimum Gasteiger partial charge on any atom is -0.388 e. The van der Waals surface area contributed by atoms with Gasteiger partial charge in [-0.2, -0.15) is 11.8 Å². The second kappa shape index (κ2) is 4.29. The highest BCUT2D eigenvalue weighted by molar-refractivity contribution is 8.00. The Kier molecular flexibility index (Phi) is 3.37. The lowest BCUT2D eigenvalue weighted by molar-refractivity contribution is -0.0421. The van der Waals surface area contributed by atoms with Gasteiger partial charge in [0.05, 0.1) is 5.60 Å². The van der Waals surface area contributed by atoms with Crippen LogP contribution in [0.25, 0.3) is 0 Å². The zero-order chi connectivity index (χ0) is 11.1. The van der Waals surface area contributed by atoms with Crippen LogP contribution in [-0.4, -0.2) is 21.7 Å². The lowest BCUT2D eigenvalue weighted by Gasteiger charge is -2.42. The van der Waals surface area contributed by atoms with E-state index in [4.69, 9.17) is 0 Å². The fraction of sp³-hybridized carbons (Fsp3) is 1.00. The average Bonchev–Trinajstić information content (AvgIpc) is 2.53. The number of hydrogen-bond acceptors (Lipinski definition) is 2. The summed E-state index contributed by atoms with van der Waals surface area (Å²) in [5.74, 6) is 3.37. The van der Waals surface area contributed by atoms with E-state index in [1.54, 1.807) is 0 Å². The van der Waals surface area contributed by atoms with Crippen molar-refractivity contribution in [3.05, 3.63) is 0 Å². The van der Waals surface area contributed by atoms with Gasteiger partial charge in [0.2, 0.25) is 0 Å². The molecule has 0 radical (unpaired) electrons. The molecule has 0 spiro atoms. The Bertz CT molecular complexity index is 231. The van der Waals surface area contributed by atoms with Crippen LogP contribution in [0.4, 0.5) is 0 Å². The molecule has 0 aromatic heterocycles. The molecule has 0 aromatic rings. The third kappa shape index (κ3) is 2.08. The van der Waals surface area contributed by atoms with Crippen molar-refractivity contribution in [2.24, 2.45) is 17.8 Å². The van der Waals surface area contributed by atoms with Crippen LogP contribution in [0.1, 0.15) is 46.5 Å². The molecule has 88 valence electrons. The van der Waals surface area contributed by atoms with Gasteiger partial charge in [0.1, 0.15) is 0 Å². The molecule has 1 nitrogen and oxygen atoms in total. The summed E-state index contributed by atoms with van der Waals surface area (Å²) in [7, 11) is 0. The van der Waals surface area contributed by atoms with Crippen LogP contribution in [0.2, 0.25) is 0 Å². The van der Waals surface area contributed by atoms with Gasteiger partial charge in [-0.25, -0.2) is 0 Å². The Balaban J connectivity index is 2.04. The molecule has 2 aliphatic rings. The molecule has 1 heterocycles. The Labute approximate surface area is 98.0 Å². The highest BCUT2D eigenvalue weighted by atomic mass is 32.2. The minimum absolute atomic E-state index is 0.348. The van der Waals surface area contributed by atoms with Gasteiger partial charge in [-0.1, -0.05) is 27.2 Å². The van der Waals surface area contributed by atoms with E-state index in [1.807, 2.05) is 11.8 Å². The van der Waals surface area contributed by atoms with Gasteiger partial charge >= 0.3 is 0 Å². The molecule has 1 saturated carbocycles. The normalized spacial score (nSPS) is 52.0. The molecule has 5 atom stereocenters. The third-order valence-corrected chi connectivity index (χ3v) is 6.23. The first-order chi connectivity index (χ1) is 7.04. The monoisotopic (exact) mass is 228 g/mol. The molecule has 1 aliphatic heterocycles. The molecule has 2 rings (SSSR count). The van der Waals surface area contributed by atoms with E-state index in [-0.39, 0.29) is 5.60 Å². The van der Waals surface area contributed by atoms with Gasteiger partial charge in [-0.15, -0.1) is 0 Å². The van der Waals surface area contributed by atoms with Crippen molar-refractivity contribution in [1.29, 1.82) is 0 Å². The van der Waals surface area contributed by atoms with Crippen LogP contribution in [0.15, 0.2) is 0 Å². The minimum atomic E-state index is -0.348. The van der Waals surface area contributed by atoms with E-state index >= 15 is 0 Å². The molecule has 2 fully saturated rings. The molecule has 1 N–H and O–H groups in total. The SMILES string of the molecule is CC1CCC(C2(O)CCSC2C)CC1C. The molecular formula is C13H24OS. The van der Waals surface area contributed by atoms with Crippen molar-refractivity contribution < 1.29 is 5.11 Å². The van der Waals surface area contributed by atoms with E-state index in [0.29, 0.717) is 11.2 Å². The molecule has 15 heavy (non-hydrogen) atoms. The predicted octanol–water partition coefficient (Wildman–Crippen LogP) is 3.32. The molecular weight excluding hydrogens is 204 g/mol. The first-order valence-corrected chi connectivity index (χ1v) is 7.43. The second-order valence-electron chi connectivity index (χ2n) is 5.72. The maximum absolute atomic E-state index is 10.8. The molecule has 1 aliphatic carbocycles. The molecule has 0 bridgehead atoms. The average molecular weight is 228 g/mol. The van der Waals surface area contributed by atoms with E-state index in [2.05, 4.69) is 20.8 Å². The number of hydrogen-bond donors (Lipinski definition) is 1. The van der Waals surface area contributed by atoms with E-state index in [1.165, 1.54) is 19.3 Å². The van der Waals surface area contributed by atoms with Crippen molar-refractivity contribution in [3.63, 3.8) is 0 Å². The Morgan fingerprint density at radius 2 is 1.87 bits per heavy atom. The Hall–Kier alpha value is 0.310. The zero-order valence-corrected chi connectivity index (χ0v) is 11.0. The Morgan fingerprint density at radius 1 is 1.13 bits per heavy atom. The van der Waals surface area contributed by atoms with Crippen molar-refractivity contribution >= 4 is 11.8 Å². The second-order valence-corrected chi connectivity index (χ2v) is 7.17. The van der Waals surface area contributed by atoms with Crippen LogP contribution in [0.5, 0.6) is 0 Å². The van der Waals surface area contributed by atoms with E-state index < -0.39 is 0 Å². The summed E-state index contributed by atoms with van der Waals surface area (Å²) in [5, 5.41) is 11.2. The van der Waals surface area contributed by atoms with Gasteiger partial charge in [0.15, 0.2) is 0 Å². The molecule has 0 amide bonds.